The SMILES string of the molecule is CC(C)COc1ccc(C(C)(O)CC(F)F)cc1. The summed E-state index contributed by atoms with van der Waals surface area (Å²) in [5, 5.41) is 9.94. The standard InChI is InChI=1S/C14H20F2O2/c1-10(2)9-18-12-6-4-11(5-7-12)14(3,17)8-13(15)16/h4-7,10,13,17H,8-9H2,1-3H3. The molecule has 0 saturated heterocycles. The molecule has 2 nitrogen and oxygen atoms in total. The molecule has 0 aromatic heterocycles. The lowest BCUT2D eigenvalue weighted by atomic mass is 9.93. The molecule has 18 heavy (non-hydrogen) atoms. The molecule has 0 heterocycles. The van der Waals surface area contributed by atoms with Gasteiger partial charge in [0.1, 0.15) is 5.75 Å². The third-order valence-electron chi connectivity index (χ3n) is 2.61. The van der Waals surface area contributed by atoms with E-state index in [-0.39, 0.29) is 0 Å². The number of halogens is 2. The number of ether oxygens (including phenoxy) is 1. The van der Waals surface area contributed by atoms with Crippen molar-refractivity contribution in [1.29, 1.82) is 0 Å². The van der Waals surface area contributed by atoms with Gasteiger partial charge in [-0.1, -0.05) is 26.0 Å². The second-order valence-electron chi connectivity index (χ2n) is 5.10. The molecule has 0 aliphatic rings. The highest BCUT2D eigenvalue weighted by molar-refractivity contribution is 5.30. The van der Waals surface area contributed by atoms with Gasteiger partial charge in [0.2, 0.25) is 6.43 Å². The van der Waals surface area contributed by atoms with Crippen molar-refractivity contribution in [3.8, 4) is 5.75 Å². The number of hydrogen-bond acceptors (Lipinski definition) is 2. The Balaban J connectivity index is 2.69. The van der Waals surface area contributed by atoms with Crippen molar-refractivity contribution in [3.05, 3.63) is 29.8 Å². The van der Waals surface area contributed by atoms with Crippen LogP contribution in [0.3, 0.4) is 0 Å². The second kappa shape index (κ2) is 6.14. The minimum atomic E-state index is -2.53. The Bertz CT molecular complexity index is 359. The van der Waals surface area contributed by atoms with E-state index in [1.807, 2.05) is 13.8 Å². The molecule has 4 heteroatoms. The summed E-state index contributed by atoms with van der Waals surface area (Å²) in [4.78, 5) is 0. The zero-order valence-electron chi connectivity index (χ0n) is 11.0. The topological polar surface area (TPSA) is 29.5 Å². The first-order valence-corrected chi connectivity index (χ1v) is 6.05. The molecule has 0 fully saturated rings. The number of rotatable bonds is 6. The molecule has 0 amide bonds. The fraction of sp³-hybridized carbons (Fsp3) is 0.571. The predicted octanol–water partition coefficient (Wildman–Crippen LogP) is 3.58. The minimum Gasteiger partial charge on any atom is -0.493 e. The van der Waals surface area contributed by atoms with Gasteiger partial charge in [-0.05, 0) is 30.5 Å². The van der Waals surface area contributed by atoms with E-state index in [4.69, 9.17) is 4.74 Å². The van der Waals surface area contributed by atoms with Crippen LogP contribution in [0.2, 0.25) is 0 Å². The molecule has 0 bridgehead atoms. The molecule has 0 radical (unpaired) electrons. The average Bonchev–Trinajstić information content (AvgIpc) is 2.25. The summed E-state index contributed by atoms with van der Waals surface area (Å²) in [7, 11) is 0. The number of hydrogen-bond donors (Lipinski definition) is 1. The molecule has 0 saturated carbocycles. The van der Waals surface area contributed by atoms with Gasteiger partial charge < -0.3 is 9.84 Å². The molecular formula is C14H20F2O2. The number of aliphatic hydroxyl groups is 1. The van der Waals surface area contributed by atoms with E-state index in [1.54, 1.807) is 24.3 Å². The van der Waals surface area contributed by atoms with Gasteiger partial charge in [-0.25, -0.2) is 8.78 Å². The molecule has 1 rings (SSSR count). The molecule has 1 N–H and O–H groups in total. The maximum Gasteiger partial charge on any atom is 0.241 e. The van der Waals surface area contributed by atoms with Gasteiger partial charge in [0.05, 0.1) is 12.2 Å². The van der Waals surface area contributed by atoms with Crippen LogP contribution in [0.1, 0.15) is 32.8 Å². The molecule has 1 aromatic carbocycles. The molecular weight excluding hydrogens is 238 g/mol. The zero-order chi connectivity index (χ0) is 13.8. The molecule has 0 aliphatic heterocycles. The van der Waals surface area contributed by atoms with Crippen LogP contribution in [0.5, 0.6) is 5.75 Å². The van der Waals surface area contributed by atoms with E-state index in [0.29, 0.717) is 23.8 Å². The van der Waals surface area contributed by atoms with Crippen LogP contribution < -0.4 is 4.74 Å². The van der Waals surface area contributed by atoms with Crippen LogP contribution in [-0.2, 0) is 5.60 Å². The Hall–Kier alpha value is -1.16. The van der Waals surface area contributed by atoms with Gasteiger partial charge in [0.15, 0.2) is 0 Å². The first-order valence-electron chi connectivity index (χ1n) is 6.05. The van der Waals surface area contributed by atoms with Crippen LogP contribution in [-0.4, -0.2) is 18.1 Å². The van der Waals surface area contributed by atoms with E-state index in [9.17, 15) is 13.9 Å². The molecule has 1 atom stereocenters. The second-order valence-corrected chi connectivity index (χ2v) is 5.10. The van der Waals surface area contributed by atoms with Gasteiger partial charge in [0.25, 0.3) is 0 Å². The monoisotopic (exact) mass is 258 g/mol. The fourth-order valence-electron chi connectivity index (χ4n) is 1.59. The summed E-state index contributed by atoms with van der Waals surface area (Å²) in [5.74, 6) is 1.10. The summed E-state index contributed by atoms with van der Waals surface area (Å²) < 4.78 is 30.1. The third-order valence-corrected chi connectivity index (χ3v) is 2.61. The minimum absolute atomic E-state index is 0.423. The summed E-state index contributed by atoms with van der Waals surface area (Å²) in [6.45, 7) is 6.08. The summed E-state index contributed by atoms with van der Waals surface area (Å²) >= 11 is 0. The maximum absolute atomic E-state index is 12.3. The fourth-order valence-corrected chi connectivity index (χ4v) is 1.59. The molecule has 1 aromatic rings. The van der Waals surface area contributed by atoms with Gasteiger partial charge in [-0.15, -0.1) is 0 Å². The highest BCUT2D eigenvalue weighted by Gasteiger charge is 2.27. The Kier molecular flexibility index (Phi) is 5.08. The Labute approximate surface area is 107 Å². The Morgan fingerprint density at radius 3 is 2.22 bits per heavy atom. The van der Waals surface area contributed by atoms with Crippen molar-refractivity contribution < 1.29 is 18.6 Å². The van der Waals surface area contributed by atoms with E-state index in [2.05, 4.69) is 0 Å². The van der Waals surface area contributed by atoms with E-state index in [0.717, 1.165) is 0 Å². The lowest BCUT2D eigenvalue weighted by molar-refractivity contribution is -0.0124. The average molecular weight is 258 g/mol. The lowest BCUT2D eigenvalue weighted by Crippen LogP contribution is -2.24. The zero-order valence-corrected chi connectivity index (χ0v) is 11.0. The van der Waals surface area contributed by atoms with Gasteiger partial charge in [-0.3, -0.25) is 0 Å². The Morgan fingerprint density at radius 2 is 1.78 bits per heavy atom. The lowest BCUT2D eigenvalue weighted by Gasteiger charge is -2.23. The number of benzene rings is 1. The predicted molar refractivity (Wildman–Crippen MR) is 67.0 cm³/mol. The van der Waals surface area contributed by atoms with Gasteiger partial charge >= 0.3 is 0 Å². The first-order chi connectivity index (χ1) is 8.31. The summed E-state index contributed by atoms with van der Waals surface area (Å²) in [6.07, 6.45) is -3.10. The van der Waals surface area contributed by atoms with Gasteiger partial charge in [-0.2, -0.15) is 0 Å². The summed E-state index contributed by atoms with van der Waals surface area (Å²) in [5.41, 5.74) is -1.04. The summed E-state index contributed by atoms with van der Waals surface area (Å²) in [6, 6.07) is 6.63. The Morgan fingerprint density at radius 1 is 1.22 bits per heavy atom. The van der Waals surface area contributed by atoms with Crippen molar-refractivity contribution in [2.24, 2.45) is 5.92 Å². The maximum atomic E-state index is 12.3. The van der Waals surface area contributed by atoms with Crippen LogP contribution in [0.15, 0.2) is 24.3 Å². The van der Waals surface area contributed by atoms with Crippen LogP contribution in [0.4, 0.5) is 8.78 Å². The van der Waals surface area contributed by atoms with Crippen molar-refractivity contribution >= 4 is 0 Å². The quantitative estimate of drug-likeness (QED) is 0.845. The van der Waals surface area contributed by atoms with Crippen LogP contribution in [0, 0.1) is 5.92 Å². The van der Waals surface area contributed by atoms with E-state index < -0.39 is 18.4 Å². The van der Waals surface area contributed by atoms with Crippen molar-refractivity contribution in [2.45, 2.75) is 39.2 Å². The van der Waals surface area contributed by atoms with Crippen molar-refractivity contribution in [3.63, 3.8) is 0 Å². The highest BCUT2D eigenvalue weighted by Crippen LogP contribution is 2.28. The first kappa shape index (κ1) is 14.9. The van der Waals surface area contributed by atoms with Crippen molar-refractivity contribution in [2.75, 3.05) is 6.61 Å². The number of alkyl halides is 2. The largest absolute Gasteiger partial charge is 0.493 e. The van der Waals surface area contributed by atoms with Gasteiger partial charge in [0, 0.05) is 6.42 Å². The highest BCUT2D eigenvalue weighted by atomic mass is 19.3. The van der Waals surface area contributed by atoms with Crippen LogP contribution in [0.25, 0.3) is 0 Å². The normalized spacial score (nSPS) is 14.9. The smallest absolute Gasteiger partial charge is 0.241 e. The van der Waals surface area contributed by atoms with Crippen molar-refractivity contribution in [1.82, 2.24) is 0 Å². The van der Waals surface area contributed by atoms with E-state index in [1.165, 1.54) is 6.92 Å². The molecule has 1 unspecified atom stereocenters. The van der Waals surface area contributed by atoms with Crippen LogP contribution >= 0.6 is 0 Å². The third kappa shape index (κ3) is 4.61. The van der Waals surface area contributed by atoms with E-state index >= 15 is 0 Å². The molecule has 0 aliphatic carbocycles. The molecule has 102 valence electrons. The molecule has 0 spiro atoms.